The van der Waals surface area contributed by atoms with Gasteiger partial charge in [-0.25, -0.2) is 0 Å². The molecular formula is C6H4N2O4S2. The average Bonchev–Trinajstić information content (AvgIpc) is 2.16. The van der Waals surface area contributed by atoms with Crippen molar-refractivity contribution in [3.05, 3.63) is 38.4 Å². The predicted octanol–water partition coefficient (Wildman–Crippen LogP) is 2.44. The summed E-state index contributed by atoms with van der Waals surface area (Å²) in [4.78, 5) is 19.7. The van der Waals surface area contributed by atoms with E-state index in [0.29, 0.717) is 0 Å². The van der Waals surface area contributed by atoms with Crippen LogP contribution in [0.4, 0.5) is 11.4 Å². The SMILES string of the molecule is O=[N+]([O-])c1ccc(SS)c([N+](=O)[O-])c1. The second-order valence-corrected chi connectivity index (χ2v) is 3.43. The summed E-state index contributed by atoms with van der Waals surface area (Å²) in [5.41, 5.74) is -0.609. The van der Waals surface area contributed by atoms with Gasteiger partial charge in [0.05, 0.1) is 20.8 Å². The average molecular weight is 232 g/mol. The third-order valence-electron chi connectivity index (χ3n) is 1.45. The fourth-order valence-electron chi connectivity index (χ4n) is 0.839. The van der Waals surface area contributed by atoms with Crippen LogP contribution in [0, 0.1) is 20.2 Å². The molecule has 0 heterocycles. The Bertz CT molecular complexity index is 395. The van der Waals surface area contributed by atoms with Crippen molar-refractivity contribution in [2.24, 2.45) is 0 Å². The minimum Gasteiger partial charge on any atom is -0.258 e. The molecular weight excluding hydrogens is 228 g/mol. The van der Waals surface area contributed by atoms with E-state index < -0.39 is 9.85 Å². The monoisotopic (exact) mass is 232 g/mol. The molecule has 0 amide bonds. The standard InChI is InChI=1S/C6H4N2O4S2/c9-7(10)4-1-2-6(14-13)5(3-4)8(11)12/h1-3,13H. The maximum absolute atomic E-state index is 10.5. The number of benzene rings is 1. The summed E-state index contributed by atoms with van der Waals surface area (Å²) in [6, 6.07) is 3.41. The molecule has 1 aromatic rings. The molecule has 0 N–H and O–H groups in total. The first kappa shape index (κ1) is 10.8. The summed E-state index contributed by atoms with van der Waals surface area (Å²) in [6.07, 6.45) is 0. The highest BCUT2D eigenvalue weighted by atomic mass is 33.1. The molecule has 14 heavy (non-hydrogen) atoms. The zero-order chi connectivity index (χ0) is 10.7. The van der Waals surface area contributed by atoms with Gasteiger partial charge in [-0.15, -0.1) is 11.7 Å². The van der Waals surface area contributed by atoms with Gasteiger partial charge >= 0.3 is 0 Å². The van der Waals surface area contributed by atoms with Gasteiger partial charge in [-0.3, -0.25) is 20.2 Å². The van der Waals surface area contributed by atoms with E-state index in [4.69, 9.17) is 0 Å². The topological polar surface area (TPSA) is 86.3 Å². The van der Waals surface area contributed by atoms with E-state index in [-0.39, 0.29) is 16.3 Å². The number of hydrogen-bond donors (Lipinski definition) is 1. The molecule has 6 nitrogen and oxygen atoms in total. The van der Waals surface area contributed by atoms with Gasteiger partial charge in [0, 0.05) is 6.07 Å². The minimum absolute atomic E-state index is 0.281. The quantitative estimate of drug-likeness (QED) is 0.374. The summed E-state index contributed by atoms with van der Waals surface area (Å²) < 4.78 is 0. The van der Waals surface area contributed by atoms with Crippen LogP contribution in [0.3, 0.4) is 0 Å². The third-order valence-corrected chi connectivity index (χ3v) is 2.58. The van der Waals surface area contributed by atoms with E-state index in [1.807, 2.05) is 0 Å². The number of hydrogen-bond acceptors (Lipinski definition) is 6. The Morgan fingerprint density at radius 1 is 1.21 bits per heavy atom. The predicted molar refractivity (Wildman–Crippen MR) is 54.6 cm³/mol. The van der Waals surface area contributed by atoms with Gasteiger partial charge in [0.25, 0.3) is 11.4 Å². The Hall–Kier alpha value is -1.28. The van der Waals surface area contributed by atoms with Crippen molar-refractivity contribution in [1.82, 2.24) is 0 Å². The lowest BCUT2D eigenvalue weighted by Gasteiger charge is -1.97. The lowest BCUT2D eigenvalue weighted by atomic mass is 10.3. The highest BCUT2D eigenvalue weighted by molar-refractivity contribution is 8.68. The van der Waals surface area contributed by atoms with Crippen molar-refractivity contribution < 1.29 is 9.85 Å². The third kappa shape index (κ3) is 2.15. The van der Waals surface area contributed by atoms with Crippen LogP contribution in [0.25, 0.3) is 0 Å². The number of thiol groups is 1. The maximum Gasteiger partial charge on any atom is 0.290 e. The van der Waals surface area contributed by atoms with Gasteiger partial charge in [0.2, 0.25) is 0 Å². The second-order valence-electron chi connectivity index (χ2n) is 2.26. The lowest BCUT2D eigenvalue weighted by Crippen LogP contribution is -1.93. The highest BCUT2D eigenvalue weighted by Gasteiger charge is 2.18. The van der Waals surface area contributed by atoms with E-state index in [0.717, 1.165) is 16.9 Å². The normalized spacial score (nSPS) is 9.79. The number of nitro benzene ring substituents is 2. The molecule has 0 bridgehead atoms. The first-order valence-electron chi connectivity index (χ1n) is 3.30. The summed E-state index contributed by atoms with van der Waals surface area (Å²) in [7, 11) is 0.874. The van der Waals surface area contributed by atoms with E-state index in [2.05, 4.69) is 11.7 Å². The van der Waals surface area contributed by atoms with Crippen LogP contribution < -0.4 is 0 Å². The van der Waals surface area contributed by atoms with Crippen LogP contribution in [-0.2, 0) is 0 Å². The smallest absolute Gasteiger partial charge is 0.258 e. The number of rotatable bonds is 3. The van der Waals surface area contributed by atoms with Crippen molar-refractivity contribution in [3.8, 4) is 0 Å². The van der Waals surface area contributed by atoms with Crippen LogP contribution >= 0.6 is 22.5 Å². The van der Waals surface area contributed by atoms with Crippen molar-refractivity contribution >= 4 is 33.8 Å². The molecule has 0 saturated carbocycles. The van der Waals surface area contributed by atoms with E-state index in [1.54, 1.807) is 0 Å². The lowest BCUT2D eigenvalue weighted by molar-refractivity contribution is -0.396. The van der Waals surface area contributed by atoms with Crippen LogP contribution in [0.5, 0.6) is 0 Å². The van der Waals surface area contributed by atoms with Crippen molar-refractivity contribution in [2.75, 3.05) is 0 Å². The molecule has 0 saturated heterocycles. The van der Waals surface area contributed by atoms with Gasteiger partial charge in [0.15, 0.2) is 0 Å². The van der Waals surface area contributed by atoms with Gasteiger partial charge in [-0.2, -0.15) is 0 Å². The molecule has 0 unspecified atom stereocenters. The summed E-state index contributed by atoms with van der Waals surface area (Å²) in [5, 5.41) is 20.8. The number of non-ortho nitro benzene ring substituents is 1. The fraction of sp³-hybridized carbons (Fsp3) is 0. The highest BCUT2D eigenvalue weighted by Crippen LogP contribution is 2.33. The largest absolute Gasteiger partial charge is 0.290 e. The fourth-order valence-corrected chi connectivity index (χ4v) is 1.66. The van der Waals surface area contributed by atoms with Gasteiger partial charge in [0.1, 0.15) is 0 Å². The van der Waals surface area contributed by atoms with Gasteiger partial charge in [-0.05, 0) is 6.07 Å². The molecule has 0 aromatic heterocycles. The Morgan fingerprint density at radius 3 is 2.29 bits per heavy atom. The molecule has 0 spiro atoms. The van der Waals surface area contributed by atoms with E-state index in [1.165, 1.54) is 12.1 Å². The molecule has 1 rings (SSSR count). The molecule has 0 aliphatic carbocycles. The molecule has 8 heteroatoms. The van der Waals surface area contributed by atoms with Gasteiger partial charge < -0.3 is 0 Å². The Balaban J connectivity index is 3.27. The van der Waals surface area contributed by atoms with Crippen LogP contribution in [0.15, 0.2) is 23.1 Å². The number of nitro groups is 2. The van der Waals surface area contributed by atoms with Crippen molar-refractivity contribution in [3.63, 3.8) is 0 Å². The summed E-state index contributed by atoms with van der Waals surface area (Å²) in [6.45, 7) is 0. The summed E-state index contributed by atoms with van der Waals surface area (Å²) >= 11 is 3.80. The maximum atomic E-state index is 10.5. The molecule has 0 radical (unpaired) electrons. The second kappa shape index (κ2) is 4.29. The first-order valence-corrected chi connectivity index (χ1v) is 5.17. The van der Waals surface area contributed by atoms with E-state index >= 15 is 0 Å². The zero-order valence-electron chi connectivity index (χ0n) is 6.61. The first-order chi connectivity index (χ1) is 6.56. The van der Waals surface area contributed by atoms with E-state index in [9.17, 15) is 20.2 Å². The van der Waals surface area contributed by atoms with Crippen LogP contribution in [0.1, 0.15) is 0 Å². The minimum atomic E-state index is -0.681. The Labute approximate surface area is 87.4 Å². The molecule has 0 atom stereocenters. The Morgan fingerprint density at radius 2 is 1.86 bits per heavy atom. The number of nitrogens with zero attached hydrogens (tertiary/aromatic N) is 2. The molecule has 0 aliphatic heterocycles. The Kier molecular flexibility index (Phi) is 3.31. The molecule has 1 aromatic carbocycles. The van der Waals surface area contributed by atoms with Crippen molar-refractivity contribution in [1.29, 1.82) is 0 Å². The van der Waals surface area contributed by atoms with Crippen molar-refractivity contribution in [2.45, 2.75) is 4.90 Å². The van der Waals surface area contributed by atoms with Crippen LogP contribution in [0.2, 0.25) is 0 Å². The molecule has 0 aliphatic rings. The van der Waals surface area contributed by atoms with Gasteiger partial charge in [-0.1, -0.05) is 10.8 Å². The summed E-state index contributed by atoms with van der Waals surface area (Å²) in [5.74, 6) is 0. The zero-order valence-corrected chi connectivity index (χ0v) is 8.33. The molecule has 0 fully saturated rings. The molecule has 74 valence electrons. The van der Waals surface area contributed by atoms with Crippen LogP contribution in [-0.4, -0.2) is 9.85 Å².